The Hall–Kier alpha value is -0.560. The van der Waals surface area contributed by atoms with Crippen LogP contribution in [0.1, 0.15) is 116 Å². The van der Waals surface area contributed by atoms with E-state index in [9.17, 15) is 0 Å². The number of ether oxygens (including phenoxy) is 1. The predicted octanol–water partition coefficient (Wildman–Crippen LogP) is 7.90. The molecule has 0 saturated heterocycles. The molecule has 0 spiro atoms. The number of allylic oxidation sites excluding steroid dienone is 2. The van der Waals surface area contributed by atoms with Gasteiger partial charge in [0.25, 0.3) is 0 Å². The second kappa shape index (κ2) is 14.6. The first kappa shape index (κ1) is 20.7. The van der Waals surface area contributed by atoms with Crippen LogP contribution in [-0.2, 0) is 4.74 Å². The Morgan fingerprint density at radius 2 is 0.800 bits per heavy atom. The van der Waals surface area contributed by atoms with Gasteiger partial charge in [-0.05, 0) is 38.5 Å². The van der Waals surface area contributed by atoms with Crippen molar-refractivity contribution in [2.24, 2.45) is 0 Å². The van der Waals surface area contributed by atoms with E-state index >= 15 is 0 Å². The summed E-state index contributed by atoms with van der Waals surface area (Å²) in [6.07, 6.45) is 34.6. The summed E-state index contributed by atoms with van der Waals surface area (Å²) < 4.78 is 6.57. The molecule has 2 atom stereocenters. The van der Waals surface area contributed by atoms with Gasteiger partial charge in [0.1, 0.15) is 0 Å². The second-order valence-corrected chi connectivity index (χ2v) is 8.17. The van der Waals surface area contributed by atoms with Crippen LogP contribution in [0.15, 0.2) is 24.3 Å². The van der Waals surface area contributed by atoms with Crippen LogP contribution in [0, 0.1) is 0 Å². The first-order chi connectivity index (χ1) is 12.4. The van der Waals surface area contributed by atoms with Gasteiger partial charge in [-0.3, -0.25) is 0 Å². The van der Waals surface area contributed by atoms with Crippen LogP contribution in [0.3, 0.4) is 0 Å². The monoisotopic (exact) mass is 346 g/mol. The highest BCUT2D eigenvalue weighted by atomic mass is 16.5. The molecule has 0 aromatic heterocycles. The minimum absolute atomic E-state index is 0.335. The van der Waals surface area contributed by atoms with Crippen molar-refractivity contribution in [3.05, 3.63) is 24.3 Å². The van der Waals surface area contributed by atoms with Gasteiger partial charge in [-0.25, -0.2) is 0 Å². The van der Waals surface area contributed by atoms with Crippen LogP contribution in [0.5, 0.6) is 0 Å². The maximum Gasteiger partial charge on any atom is 0.0763 e. The fraction of sp³-hybridized carbons (Fsp3) is 0.833. The lowest BCUT2D eigenvalue weighted by Gasteiger charge is -2.22. The number of hydrogen-bond acceptors (Lipinski definition) is 1. The summed E-state index contributed by atoms with van der Waals surface area (Å²) in [4.78, 5) is 0. The highest BCUT2D eigenvalue weighted by molar-refractivity contribution is 4.95. The van der Waals surface area contributed by atoms with Gasteiger partial charge >= 0.3 is 0 Å². The van der Waals surface area contributed by atoms with Crippen molar-refractivity contribution in [1.82, 2.24) is 0 Å². The predicted molar refractivity (Wildman–Crippen MR) is 110 cm³/mol. The van der Waals surface area contributed by atoms with Crippen molar-refractivity contribution in [3.63, 3.8) is 0 Å². The molecule has 0 aliphatic heterocycles. The van der Waals surface area contributed by atoms with Crippen molar-refractivity contribution in [1.29, 1.82) is 0 Å². The van der Waals surface area contributed by atoms with Crippen molar-refractivity contribution in [2.45, 2.75) is 128 Å². The molecule has 1 nitrogen and oxygen atoms in total. The molecule has 0 radical (unpaired) electrons. The van der Waals surface area contributed by atoms with Crippen LogP contribution in [0.25, 0.3) is 0 Å². The molecular formula is C24H42O. The Labute approximate surface area is 157 Å². The second-order valence-electron chi connectivity index (χ2n) is 8.17. The third-order valence-electron chi connectivity index (χ3n) is 5.77. The largest absolute Gasteiger partial charge is 0.367 e. The molecule has 2 aliphatic carbocycles. The Kier molecular flexibility index (Phi) is 12.1. The van der Waals surface area contributed by atoms with E-state index in [0.717, 1.165) is 0 Å². The zero-order valence-corrected chi connectivity index (χ0v) is 16.6. The minimum Gasteiger partial charge on any atom is -0.367 e. The van der Waals surface area contributed by atoms with Crippen LogP contribution >= 0.6 is 0 Å². The van der Waals surface area contributed by atoms with E-state index in [1.54, 1.807) is 0 Å². The van der Waals surface area contributed by atoms with Crippen LogP contribution in [-0.4, -0.2) is 12.2 Å². The fourth-order valence-corrected chi connectivity index (χ4v) is 4.12. The maximum absolute atomic E-state index is 6.57. The first-order valence-electron chi connectivity index (χ1n) is 11.4. The van der Waals surface area contributed by atoms with Gasteiger partial charge < -0.3 is 4.74 Å². The van der Waals surface area contributed by atoms with Gasteiger partial charge in [0.05, 0.1) is 12.2 Å². The highest BCUT2D eigenvalue weighted by Gasteiger charge is 2.13. The van der Waals surface area contributed by atoms with Crippen LogP contribution < -0.4 is 0 Å². The average molecular weight is 347 g/mol. The number of rotatable bonds is 2. The Morgan fingerprint density at radius 3 is 1.24 bits per heavy atom. The summed E-state index contributed by atoms with van der Waals surface area (Å²) in [6, 6.07) is 0. The molecule has 25 heavy (non-hydrogen) atoms. The molecule has 0 saturated carbocycles. The van der Waals surface area contributed by atoms with E-state index in [1.165, 1.54) is 116 Å². The van der Waals surface area contributed by atoms with E-state index in [0.29, 0.717) is 12.2 Å². The molecular weight excluding hydrogens is 304 g/mol. The van der Waals surface area contributed by atoms with Gasteiger partial charge in [-0.2, -0.15) is 0 Å². The van der Waals surface area contributed by atoms with Gasteiger partial charge in [0.2, 0.25) is 0 Å². The quantitative estimate of drug-likeness (QED) is 0.462. The lowest BCUT2D eigenvalue weighted by atomic mass is 10.0. The van der Waals surface area contributed by atoms with Crippen molar-refractivity contribution >= 4 is 0 Å². The molecule has 2 unspecified atom stereocenters. The standard InChI is InChI=1S/C24H42O/c1-3-7-11-15-19-23(20-16-12-8-4-1)25-24-21-17-13-9-5-2-6-10-14-18-22-24/h15,17,19,21,23-24H,1-14,16,18,20,22H2/b19-15+,21-17+. The fourth-order valence-electron chi connectivity index (χ4n) is 4.12. The summed E-state index contributed by atoms with van der Waals surface area (Å²) in [5.41, 5.74) is 0. The molecule has 0 aromatic rings. The minimum atomic E-state index is 0.335. The molecule has 0 heterocycles. The molecule has 0 fully saturated rings. The number of hydrogen-bond donors (Lipinski definition) is 0. The zero-order chi connectivity index (χ0) is 17.4. The SMILES string of the molecule is C1=C/C(OC2/C=C/CCCCCCCCC2)CCCCCCCCC/1. The molecule has 1 heteroatoms. The Morgan fingerprint density at radius 1 is 0.440 bits per heavy atom. The van der Waals surface area contributed by atoms with Crippen molar-refractivity contribution in [2.75, 3.05) is 0 Å². The molecule has 144 valence electrons. The normalized spacial score (nSPS) is 31.5. The smallest absolute Gasteiger partial charge is 0.0763 e. The zero-order valence-electron chi connectivity index (χ0n) is 16.6. The molecule has 2 aliphatic rings. The molecule has 0 amide bonds. The lowest BCUT2D eigenvalue weighted by molar-refractivity contribution is 0.0292. The van der Waals surface area contributed by atoms with E-state index in [-0.39, 0.29) is 0 Å². The van der Waals surface area contributed by atoms with Crippen LogP contribution in [0.4, 0.5) is 0 Å². The molecule has 2 rings (SSSR count). The topological polar surface area (TPSA) is 9.23 Å². The molecule has 0 aromatic carbocycles. The summed E-state index contributed by atoms with van der Waals surface area (Å²) in [7, 11) is 0. The van der Waals surface area contributed by atoms with E-state index in [4.69, 9.17) is 4.74 Å². The third-order valence-corrected chi connectivity index (χ3v) is 5.77. The lowest BCUT2D eigenvalue weighted by Crippen LogP contribution is -2.19. The Bertz CT molecular complexity index is 323. The molecule has 0 bridgehead atoms. The summed E-state index contributed by atoms with van der Waals surface area (Å²) in [6.45, 7) is 0. The first-order valence-corrected chi connectivity index (χ1v) is 11.4. The summed E-state index contributed by atoms with van der Waals surface area (Å²) in [5.74, 6) is 0. The maximum atomic E-state index is 6.57. The van der Waals surface area contributed by atoms with E-state index in [2.05, 4.69) is 24.3 Å². The van der Waals surface area contributed by atoms with Crippen LogP contribution in [0.2, 0.25) is 0 Å². The third kappa shape index (κ3) is 10.9. The van der Waals surface area contributed by atoms with E-state index in [1.807, 2.05) is 0 Å². The summed E-state index contributed by atoms with van der Waals surface area (Å²) >= 11 is 0. The van der Waals surface area contributed by atoms with Gasteiger partial charge in [0, 0.05) is 0 Å². The van der Waals surface area contributed by atoms with Gasteiger partial charge in [-0.15, -0.1) is 0 Å². The van der Waals surface area contributed by atoms with E-state index < -0.39 is 0 Å². The molecule has 0 N–H and O–H groups in total. The van der Waals surface area contributed by atoms with Crippen molar-refractivity contribution in [3.8, 4) is 0 Å². The highest BCUT2D eigenvalue weighted by Crippen LogP contribution is 2.20. The summed E-state index contributed by atoms with van der Waals surface area (Å²) in [5, 5.41) is 0. The van der Waals surface area contributed by atoms with Gasteiger partial charge in [0.15, 0.2) is 0 Å². The van der Waals surface area contributed by atoms with Crippen molar-refractivity contribution < 1.29 is 4.74 Å². The Balaban J connectivity index is 1.85. The van der Waals surface area contributed by atoms with Gasteiger partial charge in [-0.1, -0.05) is 101 Å². The average Bonchev–Trinajstić information content (AvgIpc) is 2.59.